The molecule has 5 heteroatoms. The van der Waals surface area contributed by atoms with Gasteiger partial charge in [0.2, 0.25) is 0 Å². The van der Waals surface area contributed by atoms with E-state index in [9.17, 15) is 9.59 Å². The number of carbonyl (C=O) groups is 2. The van der Waals surface area contributed by atoms with E-state index in [4.69, 9.17) is 16.3 Å². The molecule has 26 heavy (non-hydrogen) atoms. The fourth-order valence-corrected chi connectivity index (χ4v) is 4.03. The minimum absolute atomic E-state index is 0.0815. The summed E-state index contributed by atoms with van der Waals surface area (Å²) in [6.07, 6.45) is 1.23. The number of rotatable bonds is 3. The predicted molar refractivity (Wildman–Crippen MR) is 102 cm³/mol. The summed E-state index contributed by atoms with van der Waals surface area (Å²) < 4.78 is 5.29. The van der Waals surface area contributed by atoms with E-state index in [2.05, 4.69) is 19.2 Å². The molecular weight excluding hydrogens is 350 g/mol. The highest BCUT2D eigenvalue weighted by molar-refractivity contribution is 6.30. The summed E-state index contributed by atoms with van der Waals surface area (Å²) in [5, 5.41) is 3.93. The van der Waals surface area contributed by atoms with Gasteiger partial charge < -0.3 is 10.1 Å². The minimum Gasteiger partial charge on any atom is -0.463 e. The Balaban J connectivity index is 2.17. The lowest BCUT2D eigenvalue weighted by Crippen LogP contribution is -2.38. The maximum Gasteiger partial charge on any atom is 0.336 e. The number of esters is 1. The molecule has 4 nitrogen and oxygen atoms in total. The van der Waals surface area contributed by atoms with E-state index in [0.29, 0.717) is 22.6 Å². The molecule has 138 valence electrons. The van der Waals surface area contributed by atoms with Crippen LogP contribution in [0.4, 0.5) is 0 Å². The Morgan fingerprint density at radius 2 is 1.92 bits per heavy atom. The van der Waals surface area contributed by atoms with Gasteiger partial charge in [-0.15, -0.1) is 0 Å². The first-order valence-electron chi connectivity index (χ1n) is 8.90. The molecule has 0 spiro atoms. The molecule has 0 saturated carbocycles. The molecule has 1 aromatic carbocycles. The summed E-state index contributed by atoms with van der Waals surface area (Å²) in [6, 6.07) is 7.33. The Morgan fingerprint density at radius 3 is 2.54 bits per heavy atom. The van der Waals surface area contributed by atoms with Crippen LogP contribution in [0.2, 0.25) is 5.02 Å². The van der Waals surface area contributed by atoms with Crippen LogP contribution in [-0.2, 0) is 14.3 Å². The summed E-state index contributed by atoms with van der Waals surface area (Å²) in [7, 11) is 0. The Morgan fingerprint density at radius 1 is 1.27 bits per heavy atom. The summed E-state index contributed by atoms with van der Waals surface area (Å²) in [6.45, 7) is 8.11. The molecule has 0 aromatic heterocycles. The van der Waals surface area contributed by atoms with Gasteiger partial charge in [0, 0.05) is 34.3 Å². The maximum atomic E-state index is 13.0. The molecule has 0 bridgehead atoms. The normalized spacial score (nSPS) is 22.0. The molecule has 2 aliphatic rings. The van der Waals surface area contributed by atoms with Gasteiger partial charge in [-0.3, -0.25) is 4.79 Å². The number of hydrogen-bond donors (Lipinski definition) is 1. The van der Waals surface area contributed by atoms with Crippen molar-refractivity contribution in [2.75, 3.05) is 6.61 Å². The first-order chi connectivity index (χ1) is 12.2. The molecule has 0 saturated heterocycles. The van der Waals surface area contributed by atoms with Crippen LogP contribution in [0.3, 0.4) is 0 Å². The monoisotopic (exact) mass is 373 g/mol. The lowest BCUT2D eigenvalue weighted by molar-refractivity contribution is -0.138. The number of halogens is 1. The van der Waals surface area contributed by atoms with Crippen LogP contribution in [-0.4, -0.2) is 18.4 Å². The Labute approximate surface area is 159 Å². The van der Waals surface area contributed by atoms with Gasteiger partial charge in [0.1, 0.15) is 0 Å². The van der Waals surface area contributed by atoms with Crippen LogP contribution < -0.4 is 5.32 Å². The van der Waals surface area contributed by atoms with Crippen molar-refractivity contribution in [2.45, 2.75) is 46.5 Å². The molecule has 3 rings (SSSR count). The van der Waals surface area contributed by atoms with Crippen LogP contribution in [0.1, 0.15) is 52.0 Å². The fourth-order valence-electron chi connectivity index (χ4n) is 3.90. The number of ether oxygens (including phenoxy) is 1. The zero-order valence-electron chi connectivity index (χ0n) is 15.6. The number of hydrogen-bond acceptors (Lipinski definition) is 4. The number of benzene rings is 1. The van der Waals surface area contributed by atoms with Crippen LogP contribution >= 0.6 is 11.6 Å². The van der Waals surface area contributed by atoms with Crippen molar-refractivity contribution >= 4 is 23.4 Å². The molecule has 0 unspecified atom stereocenters. The van der Waals surface area contributed by atoms with Crippen LogP contribution in [0, 0.1) is 5.41 Å². The molecule has 1 aromatic rings. The van der Waals surface area contributed by atoms with Crippen molar-refractivity contribution < 1.29 is 14.3 Å². The van der Waals surface area contributed by atoms with E-state index in [1.807, 2.05) is 19.1 Å². The van der Waals surface area contributed by atoms with Crippen molar-refractivity contribution in [3.8, 4) is 0 Å². The fraction of sp³-hybridized carbons (Fsp3) is 0.429. The van der Waals surface area contributed by atoms with E-state index in [-0.39, 0.29) is 23.8 Å². The minimum atomic E-state index is -0.425. The smallest absolute Gasteiger partial charge is 0.336 e. The average molecular weight is 374 g/mol. The van der Waals surface area contributed by atoms with Gasteiger partial charge in [0.05, 0.1) is 12.2 Å². The van der Waals surface area contributed by atoms with E-state index in [0.717, 1.165) is 23.4 Å². The van der Waals surface area contributed by atoms with Gasteiger partial charge in [0.15, 0.2) is 5.78 Å². The topological polar surface area (TPSA) is 55.4 Å². The summed E-state index contributed by atoms with van der Waals surface area (Å²) >= 11 is 6.04. The van der Waals surface area contributed by atoms with Gasteiger partial charge in [-0.2, -0.15) is 0 Å². The number of Topliss-reactive ketones (excluding diaryl/α,β-unsaturated/α-hetero) is 1. The molecule has 0 fully saturated rings. The van der Waals surface area contributed by atoms with Crippen molar-refractivity contribution in [1.29, 1.82) is 0 Å². The van der Waals surface area contributed by atoms with E-state index in [1.54, 1.807) is 19.1 Å². The predicted octanol–water partition coefficient (Wildman–Crippen LogP) is 4.51. The van der Waals surface area contributed by atoms with Gasteiger partial charge >= 0.3 is 5.97 Å². The molecule has 0 radical (unpaired) electrons. The van der Waals surface area contributed by atoms with Gasteiger partial charge in [0.25, 0.3) is 0 Å². The first-order valence-corrected chi connectivity index (χ1v) is 9.28. The highest BCUT2D eigenvalue weighted by atomic mass is 35.5. The third-order valence-electron chi connectivity index (χ3n) is 4.94. The van der Waals surface area contributed by atoms with Gasteiger partial charge in [-0.25, -0.2) is 4.79 Å². The maximum absolute atomic E-state index is 13.0. The van der Waals surface area contributed by atoms with Crippen LogP contribution in [0.15, 0.2) is 46.8 Å². The summed E-state index contributed by atoms with van der Waals surface area (Å²) in [4.78, 5) is 25.7. The first kappa shape index (κ1) is 18.7. The van der Waals surface area contributed by atoms with Gasteiger partial charge in [-0.05, 0) is 43.4 Å². The number of carbonyl (C=O) groups excluding carboxylic acids is 2. The SMILES string of the molecule is CCOC(=O)C1=C(C)NC2=C(C(=O)CC(C)(C)C2)[C@H]1c1ccc(Cl)cc1. The quantitative estimate of drug-likeness (QED) is 0.792. The lowest BCUT2D eigenvalue weighted by atomic mass is 9.68. The lowest BCUT2D eigenvalue weighted by Gasteiger charge is -2.39. The molecule has 1 aliphatic heterocycles. The number of nitrogens with one attached hydrogen (secondary N) is 1. The average Bonchev–Trinajstić information content (AvgIpc) is 2.53. The van der Waals surface area contributed by atoms with Gasteiger partial charge in [-0.1, -0.05) is 37.6 Å². The second-order valence-electron chi connectivity index (χ2n) is 7.70. The largest absolute Gasteiger partial charge is 0.463 e. The summed E-state index contributed by atoms with van der Waals surface area (Å²) in [5.41, 5.74) is 3.61. The highest BCUT2D eigenvalue weighted by Gasteiger charge is 2.43. The Kier molecular flexibility index (Phi) is 4.98. The van der Waals surface area contributed by atoms with E-state index in [1.165, 1.54) is 0 Å². The molecule has 1 heterocycles. The zero-order valence-corrected chi connectivity index (χ0v) is 16.4. The number of ketones is 1. The third-order valence-corrected chi connectivity index (χ3v) is 5.19. The van der Waals surface area contributed by atoms with Crippen LogP contribution in [0.25, 0.3) is 0 Å². The van der Waals surface area contributed by atoms with Crippen molar-refractivity contribution in [3.63, 3.8) is 0 Å². The second kappa shape index (κ2) is 6.92. The molecular formula is C21H24ClNO3. The van der Waals surface area contributed by atoms with Crippen molar-refractivity contribution in [3.05, 3.63) is 57.4 Å². The van der Waals surface area contributed by atoms with Crippen molar-refractivity contribution in [1.82, 2.24) is 5.32 Å². The Bertz CT molecular complexity index is 818. The van der Waals surface area contributed by atoms with Crippen molar-refractivity contribution in [2.24, 2.45) is 5.41 Å². The molecule has 1 aliphatic carbocycles. The standard InChI is InChI=1S/C21H24ClNO3/c1-5-26-20(25)17-12(2)23-15-10-21(3,4)11-16(24)19(15)18(17)13-6-8-14(22)9-7-13/h6-9,18,23H,5,10-11H2,1-4H3/t18-/m0/s1. The summed E-state index contributed by atoms with van der Waals surface area (Å²) in [5.74, 6) is -0.731. The number of dihydropyridines is 1. The van der Waals surface area contributed by atoms with E-state index < -0.39 is 5.92 Å². The Hall–Kier alpha value is -2.07. The number of allylic oxidation sites excluding steroid dienone is 3. The van der Waals surface area contributed by atoms with E-state index >= 15 is 0 Å². The molecule has 1 N–H and O–H groups in total. The second-order valence-corrected chi connectivity index (χ2v) is 8.14. The van der Waals surface area contributed by atoms with Crippen LogP contribution in [0.5, 0.6) is 0 Å². The molecule has 1 atom stereocenters. The molecule has 0 amide bonds. The zero-order chi connectivity index (χ0) is 19.1. The highest BCUT2D eigenvalue weighted by Crippen LogP contribution is 2.46. The third kappa shape index (κ3) is 3.43.